The van der Waals surface area contributed by atoms with Crippen molar-refractivity contribution >= 4 is 18.0 Å². The van der Waals surface area contributed by atoms with Gasteiger partial charge < -0.3 is 10.5 Å². The highest BCUT2D eigenvalue weighted by Crippen LogP contribution is 2.14. The summed E-state index contributed by atoms with van der Waals surface area (Å²) in [5.41, 5.74) is 7.15. The minimum atomic E-state index is -0.582. The van der Waals surface area contributed by atoms with Gasteiger partial charge in [-0.25, -0.2) is 9.48 Å². The van der Waals surface area contributed by atoms with Gasteiger partial charge >= 0.3 is 5.97 Å². The molecule has 3 rings (SSSR count). The molecule has 0 saturated heterocycles. The smallest absolute Gasteiger partial charge is 0.336 e. The molecule has 2 N–H and O–H groups in total. The van der Waals surface area contributed by atoms with E-state index in [4.69, 9.17) is 10.5 Å². The highest BCUT2D eigenvalue weighted by molar-refractivity contribution is 5.93. The van der Waals surface area contributed by atoms with Crippen LogP contribution >= 0.6 is 0 Å². The van der Waals surface area contributed by atoms with E-state index in [2.05, 4.69) is 5.10 Å². The molecule has 1 heterocycles. The maximum absolute atomic E-state index is 11.9. The Morgan fingerprint density at radius 2 is 1.88 bits per heavy atom. The molecule has 0 atom stereocenters. The number of rotatable bonds is 5. The van der Waals surface area contributed by atoms with Crippen LogP contribution in [0.3, 0.4) is 0 Å². The van der Waals surface area contributed by atoms with Gasteiger partial charge in [0, 0.05) is 23.4 Å². The quantitative estimate of drug-likeness (QED) is 0.442. The van der Waals surface area contributed by atoms with E-state index in [1.807, 2.05) is 30.3 Å². The van der Waals surface area contributed by atoms with Gasteiger partial charge in [0.1, 0.15) is 5.75 Å². The third kappa shape index (κ3) is 4.20. The number of hydrogen-bond acceptors (Lipinski definition) is 4. The molecule has 0 saturated carbocycles. The Kier molecular flexibility index (Phi) is 4.71. The van der Waals surface area contributed by atoms with Crippen LogP contribution in [0, 0.1) is 0 Å². The lowest BCUT2D eigenvalue weighted by Crippen LogP contribution is -2.11. The first kappa shape index (κ1) is 16.2. The first-order valence-corrected chi connectivity index (χ1v) is 7.52. The summed E-state index contributed by atoms with van der Waals surface area (Å²) in [6, 6.07) is 15.8. The summed E-state index contributed by atoms with van der Waals surface area (Å²) < 4.78 is 6.87. The number of para-hydroxylation sites is 1. The summed E-state index contributed by atoms with van der Waals surface area (Å²) in [6.07, 6.45) is 6.34. The third-order valence-electron chi connectivity index (χ3n) is 3.37. The largest absolute Gasteiger partial charge is 0.423 e. The second kappa shape index (κ2) is 7.27. The zero-order valence-electron chi connectivity index (χ0n) is 13.2. The van der Waals surface area contributed by atoms with Gasteiger partial charge in [-0.2, -0.15) is 5.10 Å². The molecule has 0 spiro atoms. The van der Waals surface area contributed by atoms with Crippen LogP contribution in [0.2, 0.25) is 0 Å². The van der Waals surface area contributed by atoms with Gasteiger partial charge in [-0.3, -0.25) is 4.79 Å². The zero-order valence-corrected chi connectivity index (χ0v) is 13.2. The Morgan fingerprint density at radius 1 is 1.08 bits per heavy atom. The summed E-state index contributed by atoms with van der Waals surface area (Å²) in [4.78, 5) is 23.0. The van der Waals surface area contributed by atoms with Crippen molar-refractivity contribution in [3.8, 4) is 11.4 Å². The highest BCUT2D eigenvalue weighted by atomic mass is 16.5. The Labute approximate surface area is 144 Å². The normalized spacial score (nSPS) is 10.7. The number of nitrogens with zero attached hydrogens (tertiary/aromatic N) is 2. The molecule has 0 aliphatic heterocycles. The van der Waals surface area contributed by atoms with Gasteiger partial charge in [-0.05, 0) is 36.4 Å². The Morgan fingerprint density at radius 3 is 2.64 bits per heavy atom. The standard InChI is InChI=1S/C19H15N3O3/c20-19(24)15-5-4-8-17(11-15)25-18(23)10-9-14-12-21-22(13-14)16-6-2-1-3-7-16/h1-13H,(H2,20,24)/b10-9+. The van der Waals surface area contributed by atoms with E-state index in [9.17, 15) is 9.59 Å². The number of carbonyl (C=O) groups excluding carboxylic acids is 2. The lowest BCUT2D eigenvalue weighted by molar-refractivity contribution is -0.128. The van der Waals surface area contributed by atoms with Crippen molar-refractivity contribution in [2.45, 2.75) is 0 Å². The van der Waals surface area contributed by atoms with Crippen molar-refractivity contribution in [1.82, 2.24) is 9.78 Å². The third-order valence-corrected chi connectivity index (χ3v) is 3.37. The van der Waals surface area contributed by atoms with Crippen LogP contribution in [0.1, 0.15) is 15.9 Å². The molecule has 0 bridgehead atoms. The van der Waals surface area contributed by atoms with Gasteiger partial charge in [0.2, 0.25) is 5.91 Å². The van der Waals surface area contributed by atoms with E-state index in [0.717, 1.165) is 11.3 Å². The molecule has 0 radical (unpaired) electrons. The van der Waals surface area contributed by atoms with Crippen LogP contribution in [0.25, 0.3) is 11.8 Å². The van der Waals surface area contributed by atoms with Crippen molar-refractivity contribution in [1.29, 1.82) is 0 Å². The van der Waals surface area contributed by atoms with Crippen LogP contribution in [-0.2, 0) is 4.79 Å². The number of nitrogens with two attached hydrogens (primary N) is 1. The van der Waals surface area contributed by atoms with Crippen molar-refractivity contribution in [2.75, 3.05) is 0 Å². The van der Waals surface area contributed by atoms with E-state index >= 15 is 0 Å². The lowest BCUT2D eigenvalue weighted by Gasteiger charge is -2.02. The van der Waals surface area contributed by atoms with Gasteiger partial charge in [0.05, 0.1) is 11.9 Å². The number of ether oxygens (including phenoxy) is 1. The number of carbonyl (C=O) groups is 2. The number of esters is 1. The summed E-state index contributed by atoms with van der Waals surface area (Å²) in [6.45, 7) is 0. The van der Waals surface area contributed by atoms with Gasteiger partial charge in [-0.1, -0.05) is 24.3 Å². The van der Waals surface area contributed by atoms with Crippen molar-refractivity contribution < 1.29 is 14.3 Å². The van der Waals surface area contributed by atoms with Crippen molar-refractivity contribution in [3.63, 3.8) is 0 Å². The SMILES string of the molecule is NC(=O)c1cccc(OC(=O)/C=C/c2cnn(-c3ccccc3)c2)c1. The van der Waals surface area contributed by atoms with Crippen LogP contribution in [0.15, 0.2) is 73.1 Å². The second-order valence-electron chi connectivity index (χ2n) is 5.20. The molecule has 1 aromatic heterocycles. The van der Waals surface area contributed by atoms with Crippen LogP contribution in [-0.4, -0.2) is 21.7 Å². The Hall–Kier alpha value is -3.67. The van der Waals surface area contributed by atoms with Gasteiger partial charge in [0.15, 0.2) is 0 Å². The number of amides is 1. The molecule has 124 valence electrons. The Balaban J connectivity index is 1.66. The molecule has 25 heavy (non-hydrogen) atoms. The molecule has 0 unspecified atom stereocenters. The monoisotopic (exact) mass is 333 g/mol. The number of benzene rings is 2. The molecule has 2 aromatic carbocycles. The molecule has 0 aliphatic carbocycles. The highest BCUT2D eigenvalue weighted by Gasteiger charge is 2.05. The molecule has 3 aromatic rings. The molecule has 6 nitrogen and oxygen atoms in total. The molecular formula is C19H15N3O3. The summed E-state index contributed by atoms with van der Waals surface area (Å²) in [7, 11) is 0. The van der Waals surface area contributed by atoms with E-state index in [-0.39, 0.29) is 11.3 Å². The maximum atomic E-state index is 11.9. The van der Waals surface area contributed by atoms with Crippen LogP contribution in [0.5, 0.6) is 5.75 Å². The second-order valence-corrected chi connectivity index (χ2v) is 5.20. The minimum Gasteiger partial charge on any atom is -0.423 e. The number of primary amides is 1. The molecule has 1 amide bonds. The van der Waals surface area contributed by atoms with Gasteiger partial charge in [0.25, 0.3) is 0 Å². The first-order valence-electron chi connectivity index (χ1n) is 7.52. The van der Waals surface area contributed by atoms with E-state index in [1.165, 1.54) is 12.1 Å². The Bertz CT molecular complexity index is 930. The molecular weight excluding hydrogens is 318 g/mol. The lowest BCUT2D eigenvalue weighted by atomic mass is 10.2. The van der Waals surface area contributed by atoms with Crippen LogP contribution < -0.4 is 10.5 Å². The molecule has 6 heteroatoms. The summed E-state index contributed by atoms with van der Waals surface area (Å²) in [5.74, 6) is -0.887. The topological polar surface area (TPSA) is 87.2 Å². The van der Waals surface area contributed by atoms with Crippen LogP contribution in [0.4, 0.5) is 0 Å². The van der Waals surface area contributed by atoms with Crippen molar-refractivity contribution in [3.05, 3.63) is 84.2 Å². The molecule has 0 fully saturated rings. The van der Waals surface area contributed by atoms with E-state index < -0.39 is 11.9 Å². The minimum absolute atomic E-state index is 0.255. The fourth-order valence-electron chi connectivity index (χ4n) is 2.17. The van der Waals surface area contributed by atoms with E-state index in [0.29, 0.717) is 0 Å². The first-order chi connectivity index (χ1) is 12.1. The fraction of sp³-hybridized carbons (Fsp3) is 0. The zero-order chi connectivity index (χ0) is 17.6. The van der Waals surface area contributed by atoms with Crippen molar-refractivity contribution in [2.24, 2.45) is 5.73 Å². The average molecular weight is 333 g/mol. The summed E-state index contributed by atoms with van der Waals surface area (Å²) in [5, 5.41) is 4.24. The maximum Gasteiger partial charge on any atom is 0.336 e. The van der Waals surface area contributed by atoms with Gasteiger partial charge in [-0.15, -0.1) is 0 Å². The number of hydrogen-bond donors (Lipinski definition) is 1. The predicted molar refractivity (Wildman–Crippen MR) is 93.2 cm³/mol. The summed E-state index contributed by atoms with van der Waals surface area (Å²) >= 11 is 0. The number of aromatic nitrogens is 2. The average Bonchev–Trinajstić information content (AvgIpc) is 3.10. The predicted octanol–water partition coefficient (Wildman–Crippen LogP) is 2.59. The molecule has 0 aliphatic rings. The fourth-order valence-corrected chi connectivity index (χ4v) is 2.17. The van der Waals surface area contributed by atoms with E-state index in [1.54, 1.807) is 41.4 Å².